The van der Waals surface area contributed by atoms with Crippen molar-refractivity contribution in [1.82, 2.24) is 0 Å². The summed E-state index contributed by atoms with van der Waals surface area (Å²) in [4.78, 5) is 0. The fourth-order valence-electron chi connectivity index (χ4n) is 2.21. The van der Waals surface area contributed by atoms with E-state index in [4.69, 9.17) is 9.84 Å². The van der Waals surface area contributed by atoms with Gasteiger partial charge >= 0.3 is 0 Å². The molecule has 0 aliphatic carbocycles. The van der Waals surface area contributed by atoms with Gasteiger partial charge in [-0.25, -0.2) is 0 Å². The monoisotopic (exact) mass is 142 g/mol. The Labute approximate surface area is 61.2 Å². The topological polar surface area (TPSA) is 29.5 Å². The molecule has 0 saturated carbocycles. The molecule has 0 radical (unpaired) electrons. The van der Waals surface area contributed by atoms with Gasteiger partial charge in [-0.3, -0.25) is 0 Å². The maximum Gasteiger partial charge on any atom is 0.0609 e. The van der Waals surface area contributed by atoms with Gasteiger partial charge in [0.05, 0.1) is 12.2 Å². The predicted octanol–water partition coefficient (Wildman–Crippen LogP) is 0.936. The van der Waals surface area contributed by atoms with Crippen molar-refractivity contribution < 1.29 is 9.84 Å². The largest absolute Gasteiger partial charge is 0.396 e. The van der Waals surface area contributed by atoms with Crippen molar-refractivity contribution in [2.24, 2.45) is 5.92 Å². The number of fused-ring (bicyclic) bond motifs is 2. The van der Waals surface area contributed by atoms with E-state index in [2.05, 4.69) is 0 Å². The molecule has 10 heavy (non-hydrogen) atoms. The van der Waals surface area contributed by atoms with E-state index in [1.807, 2.05) is 0 Å². The third-order valence-electron chi connectivity index (χ3n) is 2.73. The minimum atomic E-state index is 0.331. The maximum absolute atomic E-state index is 8.70. The molecular weight excluding hydrogens is 128 g/mol. The van der Waals surface area contributed by atoms with E-state index < -0.39 is 0 Å². The van der Waals surface area contributed by atoms with Gasteiger partial charge in [0.2, 0.25) is 0 Å². The van der Waals surface area contributed by atoms with E-state index in [9.17, 15) is 0 Å². The summed E-state index contributed by atoms with van der Waals surface area (Å²) >= 11 is 0. The van der Waals surface area contributed by atoms with Gasteiger partial charge in [0.25, 0.3) is 0 Å². The summed E-state index contributed by atoms with van der Waals surface area (Å²) in [7, 11) is 0. The van der Waals surface area contributed by atoms with E-state index in [-0.39, 0.29) is 0 Å². The minimum absolute atomic E-state index is 0.331. The second kappa shape index (κ2) is 2.51. The van der Waals surface area contributed by atoms with Crippen LogP contribution in [0.3, 0.4) is 0 Å². The zero-order valence-corrected chi connectivity index (χ0v) is 6.12. The Kier molecular flexibility index (Phi) is 1.66. The average Bonchev–Trinajstić information content (AvgIpc) is 2.48. The van der Waals surface area contributed by atoms with Gasteiger partial charge in [0.15, 0.2) is 0 Å². The zero-order valence-electron chi connectivity index (χ0n) is 6.12. The van der Waals surface area contributed by atoms with Crippen molar-refractivity contribution in [3.8, 4) is 0 Å². The molecule has 0 aromatic heterocycles. The second-order valence-corrected chi connectivity index (χ2v) is 3.38. The van der Waals surface area contributed by atoms with E-state index in [1.165, 1.54) is 19.3 Å². The van der Waals surface area contributed by atoms with Crippen LogP contribution in [-0.4, -0.2) is 23.9 Å². The van der Waals surface area contributed by atoms with Gasteiger partial charge in [-0.15, -0.1) is 0 Å². The van der Waals surface area contributed by atoms with Crippen LogP contribution in [0, 0.1) is 5.92 Å². The molecule has 2 heterocycles. The molecule has 3 unspecified atom stereocenters. The first-order chi connectivity index (χ1) is 4.90. The molecule has 2 saturated heterocycles. The standard InChI is InChI=1S/C8H14O2/c9-4-3-6-5-7-1-2-8(6)10-7/h6-9H,1-5H2. The third-order valence-corrected chi connectivity index (χ3v) is 2.73. The number of aliphatic hydroxyl groups excluding tert-OH is 1. The first-order valence-electron chi connectivity index (χ1n) is 4.16. The Morgan fingerprint density at radius 1 is 1.40 bits per heavy atom. The summed E-state index contributed by atoms with van der Waals surface area (Å²) < 4.78 is 5.63. The SMILES string of the molecule is OCCC1CC2CCC1O2. The molecule has 0 amide bonds. The lowest BCUT2D eigenvalue weighted by Crippen LogP contribution is -2.17. The first kappa shape index (κ1) is 6.62. The van der Waals surface area contributed by atoms with Gasteiger partial charge in [-0.2, -0.15) is 0 Å². The second-order valence-electron chi connectivity index (χ2n) is 3.38. The molecule has 3 atom stereocenters. The van der Waals surface area contributed by atoms with Crippen LogP contribution < -0.4 is 0 Å². The third kappa shape index (κ3) is 0.956. The number of hydrogen-bond donors (Lipinski definition) is 1. The predicted molar refractivity (Wildman–Crippen MR) is 37.7 cm³/mol. The summed E-state index contributed by atoms with van der Waals surface area (Å²) in [5.41, 5.74) is 0. The van der Waals surface area contributed by atoms with E-state index >= 15 is 0 Å². The molecule has 2 aliphatic rings. The number of hydrogen-bond acceptors (Lipinski definition) is 2. The van der Waals surface area contributed by atoms with Gasteiger partial charge < -0.3 is 9.84 Å². The van der Waals surface area contributed by atoms with E-state index in [0.717, 1.165) is 6.42 Å². The highest BCUT2D eigenvalue weighted by atomic mass is 16.5. The van der Waals surface area contributed by atoms with Crippen LogP contribution in [0.4, 0.5) is 0 Å². The fourth-order valence-corrected chi connectivity index (χ4v) is 2.21. The summed E-state index contributed by atoms with van der Waals surface area (Å²) in [6, 6.07) is 0. The average molecular weight is 142 g/mol. The molecule has 0 spiro atoms. The molecule has 2 bridgehead atoms. The van der Waals surface area contributed by atoms with E-state index in [1.54, 1.807) is 0 Å². The molecular formula is C8H14O2. The molecule has 2 heteroatoms. The Hall–Kier alpha value is -0.0800. The summed E-state index contributed by atoms with van der Waals surface area (Å²) in [5, 5.41) is 8.70. The molecule has 0 aromatic rings. The highest BCUT2D eigenvalue weighted by Gasteiger charge is 2.39. The van der Waals surface area contributed by atoms with Crippen molar-refractivity contribution >= 4 is 0 Å². The van der Waals surface area contributed by atoms with Crippen LogP contribution >= 0.6 is 0 Å². The lowest BCUT2D eigenvalue weighted by atomic mass is 9.87. The normalized spacial score (nSPS) is 44.7. The minimum Gasteiger partial charge on any atom is -0.396 e. The van der Waals surface area contributed by atoms with Crippen molar-refractivity contribution in [3.63, 3.8) is 0 Å². The first-order valence-corrected chi connectivity index (χ1v) is 4.16. The van der Waals surface area contributed by atoms with Crippen LogP contribution in [0.5, 0.6) is 0 Å². The van der Waals surface area contributed by atoms with Gasteiger partial charge in [-0.1, -0.05) is 0 Å². The molecule has 58 valence electrons. The smallest absolute Gasteiger partial charge is 0.0609 e. The number of aliphatic hydroxyl groups is 1. The van der Waals surface area contributed by atoms with Gasteiger partial charge in [-0.05, 0) is 31.6 Å². The van der Waals surface area contributed by atoms with Gasteiger partial charge in [0.1, 0.15) is 0 Å². The van der Waals surface area contributed by atoms with Crippen LogP contribution in [-0.2, 0) is 4.74 Å². The van der Waals surface area contributed by atoms with Gasteiger partial charge in [0, 0.05) is 6.61 Å². The van der Waals surface area contributed by atoms with E-state index in [0.29, 0.717) is 24.7 Å². The highest BCUT2D eigenvalue weighted by molar-refractivity contribution is 4.88. The van der Waals surface area contributed by atoms with Crippen LogP contribution in [0.1, 0.15) is 25.7 Å². The summed E-state index contributed by atoms with van der Waals surface area (Å²) in [5.74, 6) is 0.670. The summed E-state index contributed by atoms with van der Waals surface area (Å²) in [6.07, 6.45) is 5.67. The molecule has 2 rings (SSSR count). The quantitative estimate of drug-likeness (QED) is 0.621. The molecule has 0 aromatic carbocycles. The maximum atomic E-state index is 8.70. The Balaban J connectivity index is 1.90. The van der Waals surface area contributed by atoms with Crippen molar-refractivity contribution in [2.75, 3.05) is 6.61 Å². The zero-order chi connectivity index (χ0) is 6.97. The fraction of sp³-hybridized carbons (Fsp3) is 1.00. The molecule has 2 fully saturated rings. The Morgan fingerprint density at radius 2 is 2.30 bits per heavy atom. The van der Waals surface area contributed by atoms with Crippen molar-refractivity contribution in [3.05, 3.63) is 0 Å². The lowest BCUT2D eigenvalue weighted by Gasteiger charge is -2.16. The Bertz CT molecular complexity index is 124. The van der Waals surface area contributed by atoms with Crippen LogP contribution in [0.15, 0.2) is 0 Å². The lowest BCUT2D eigenvalue weighted by molar-refractivity contribution is 0.0876. The Morgan fingerprint density at radius 3 is 2.80 bits per heavy atom. The molecule has 2 nitrogen and oxygen atoms in total. The van der Waals surface area contributed by atoms with Crippen LogP contribution in [0.25, 0.3) is 0 Å². The summed E-state index contributed by atoms with van der Waals surface area (Å²) in [6.45, 7) is 0.331. The number of ether oxygens (including phenoxy) is 1. The highest BCUT2D eigenvalue weighted by Crippen LogP contribution is 2.39. The molecule has 1 N–H and O–H groups in total. The van der Waals surface area contributed by atoms with Crippen LogP contribution in [0.2, 0.25) is 0 Å². The van der Waals surface area contributed by atoms with Crippen molar-refractivity contribution in [1.29, 1.82) is 0 Å². The molecule has 2 aliphatic heterocycles. The van der Waals surface area contributed by atoms with Crippen molar-refractivity contribution in [2.45, 2.75) is 37.9 Å². The number of rotatable bonds is 2.